The van der Waals surface area contributed by atoms with E-state index in [1.165, 1.54) is 4.88 Å². The Balaban J connectivity index is 1.92. The van der Waals surface area contributed by atoms with Crippen molar-refractivity contribution in [3.8, 4) is 0 Å². The maximum absolute atomic E-state index is 9.12. The molecule has 0 bridgehead atoms. The minimum atomic E-state index is 0.0307. The number of nitrogens with one attached hydrogen (secondary N) is 1. The predicted octanol–water partition coefficient (Wildman–Crippen LogP) is 2.89. The highest BCUT2D eigenvalue weighted by Crippen LogP contribution is 2.36. The average Bonchev–Trinajstić information content (AvgIpc) is 2.88. The van der Waals surface area contributed by atoms with Gasteiger partial charge in [0.05, 0.1) is 10.4 Å². The molecule has 0 amide bonds. The van der Waals surface area contributed by atoms with Gasteiger partial charge in [0.15, 0.2) is 0 Å². The van der Waals surface area contributed by atoms with Gasteiger partial charge in [0.2, 0.25) is 0 Å². The molecule has 1 aromatic rings. The van der Waals surface area contributed by atoms with Gasteiger partial charge in [-0.25, -0.2) is 0 Å². The van der Waals surface area contributed by atoms with E-state index in [0.717, 1.165) is 27.6 Å². The van der Waals surface area contributed by atoms with Crippen LogP contribution in [0.1, 0.15) is 17.7 Å². The van der Waals surface area contributed by atoms with Crippen LogP contribution in [0, 0.1) is 0 Å². The predicted molar refractivity (Wildman–Crippen MR) is 65.6 cm³/mol. The molecule has 0 unspecified atom stereocenters. The molecule has 1 fully saturated rings. The molecule has 14 heavy (non-hydrogen) atoms. The molecule has 1 saturated carbocycles. The zero-order chi connectivity index (χ0) is 10.2. The summed E-state index contributed by atoms with van der Waals surface area (Å²) >= 11 is 8.64. The third-order valence-corrected chi connectivity index (χ3v) is 5.75. The monoisotopic (exact) mass is 339 g/mol. The van der Waals surface area contributed by atoms with Crippen molar-refractivity contribution >= 4 is 43.2 Å². The van der Waals surface area contributed by atoms with Crippen LogP contribution in [-0.2, 0) is 6.54 Å². The van der Waals surface area contributed by atoms with Gasteiger partial charge in [-0.05, 0) is 50.8 Å². The van der Waals surface area contributed by atoms with Gasteiger partial charge in [-0.2, -0.15) is 0 Å². The number of hydrogen-bond donors (Lipinski definition) is 2. The van der Waals surface area contributed by atoms with Crippen LogP contribution >= 0.6 is 43.2 Å². The highest BCUT2D eigenvalue weighted by Gasteiger charge is 2.41. The highest BCUT2D eigenvalue weighted by atomic mass is 79.9. The number of halogens is 2. The van der Waals surface area contributed by atoms with Crippen molar-refractivity contribution in [2.24, 2.45) is 0 Å². The SMILES string of the molecule is OCC1(NCc2cc(Br)c(Br)s2)CC1. The number of aliphatic hydroxyl groups excluding tert-OH is 1. The molecule has 1 heterocycles. The summed E-state index contributed by atoms with van der Waals surface area (Å²) in [6.45, 7) is 1.09. The van der Waals surface area contributed by atoms with E-state index < -0.39 is 0 Å². The molecule has 0 spiro atoms. The fourth-order valence-corrected chi connectivity index (χ4v) is 3.41. The van der Waals surface area contributed by atoms with Crippen LogP contribution in [0.25, 0.3) is 0 Å². The molecule has 0 aliphatic heterocycles. The maximum atomic E-state index is 9.12. The van der Waals surface area contributed by atoms with Crippen LogP contribution in [0.3, 0.4) is 0 Å². The fraction of sp³-hybridized carbons (Fsp3) is 0.556. The largest absolute Gasteiger partial charge is 0.394 e. The van der Waals surface area contributed by atoms with Crippen molar-refractivity contribution in [2.45, 2.75) is 24.9 Å². The Kier molecular flexibility index (Phi) is 3.34. The lowest BCUT2D eigenvalue weighted by molar-refractivity contribution is 0.230. The Labute approximate surface area is 104 Å². The molecule has 2 rings (SSSR count). The quantitative estimate of drug-likeness (QED) is 0.883. The average molecular weight is 341 g/mol. The first-order valence-electron chi connectivity index (χ1n) is 4.45. The molecular formula is C9H11Br2NOS. The Morgan fingerprint density at radius 1 is 1.50 bits per heavy atom. The molecule has 78 valence electrons. The van der Waals surface area contributed by atoms with Crippen molar-refractivity contribution in [3.63, 3.8) is 0 Å². The summed E-state index contributed by atoms with van der Waals surface area (Å²) in [6.07, 6.45) is 2.19. The summed E-state index contributed by atoms with van der Waals surface area (Å²) in [7, 11) is 0. The molecule has 0 atom stereocenters. The summed E-state index contributed by atoms with van der Waals surface area (Å²) in [5.41, 5.74) is 0.0307. The first-order valence-corrected chi connectivity index (χ1v) is 6.85. The third-order valence-electron chi connectivity index (χ3n) is 2.49. The Morgan fingerprint density at radius 2 is 2.21 bits per heavy atom. The van der Waals surface area contributed by atoms with E-state index in [1.807, 2.05) is 0 Å². The van der Waals surface area contributed by atoms with E-state index in [9.17, 15) is 0 Å². The van der Waals surface area contributed by atoms with Crippen LogP contribution in [0.15, 0.2) is 14.3 Å². The van der Waals surface area contributed by atoms with Crippen molar-refractivity contribution in [3.05, 3.63) is 19.2 Å². The first kappa shape index (κ1) is 11.1. The Bertz CT molecular complexity index is 316. The van der Waals surface area contributed by atoms with Gasteiger partial charge < -0.3 is 10.4 Å². The molecule has 1 aliphatic carbocycles. The van der Waals surface area contributed by atoms with Gasteiger partial charge in [0.1, 0.15) is 0 Å². The molecule has 0 saturated heterocycles. The zero-order valence-corrected chi connectivity index (χ0v) is 11.5. The summed E-state index contributed by atoms with van der Waals surface area (Å²) in [5.74, 6) is 0. The van der Waals surface area contributed by atoms with E-state index in [0.29, 0.717) is 0 Å². The summed E-state index contributed by atoms with van der Waals surface area (Å²) in [5, 5.41) is 12.5. The summed E-state index contributed by atoms with van der Waals surface area (Å²) < 4.78 is 2.23. The van der Waals surface area contributed by atoms with Crippen LogP contribution in [0.5, 0.6) is 0 Å². The van der Waals surface area contributed by atoms with Crippen LogP contribution in [0.4, 0.5) is 0 Å². The van der Waals surface area contributed by atoms with Gasteiger partial charge in [0.25, 0.3) is 0 Å². The Morgan fingerprint density at radius 3 is 2.64 bits per heavy atom. The van der Waals surface area contributed by atoms with Crippen molar-refractivity contribution < 1.29 is 5.11 Å². The molecule has 2 N–H and O–H groups in total. The smallest absolute Gasteiger partial charge is 0.0843 e. The molecule has 1 aliphatic rings. The molecule has 0 aromatic carbocycles. The second kappa shape index (κ2) is 4.22. The van der Waals surface area contributed by atoms with E-state index >= 15 is 0 Å². The number of aliphatic hydroxyl groups is 1. The topological polar surface area (TPSA) is 32.3 Å². The lowest BCUT2D eigenvalue weighted by atomic mass is 10.3. The minimum Gasteiger partial charge on any atom is -0.394 e. The number of hydrogen-bond acceptors (Lipinski definition) is 3. The van der Waals surface area contributed by atoms with Crippen molar-refractivity contribution in [1.29, 1.82) is 0 Å². The van der Waals surface area contributed by atoms with Crippen LogP contribution < -0.4 is 5.32 Å². The zero-order valence-electron chi connectivity index (χ0n) is 7.52. The molecule has 2 nitrogen and oxygen atoms in total. The second-order valence-electron chi connectivity index (χ2n) is 3.63. The summed E-state index contributed by atoms with van der Waals surface area (Å²) in [4.78, 5) is 1.28. The third kappa shape index (κ3) is 2.39. The second-order valence-corrected chi connectivity index (χ2v) is 6.94. The van der Waals surface area contributed by atoms with E-state index in [-0.39, 0.29) is 12.1 Å². The lowest BCUT2D eigenvalue weighted by Crippen LogP contribution is -2.33. The first-order chi connectivity index (χ1) is 6.65. The standard InChI is InChI=1S/C9H11Br2NOS/c10-7-3-6(14-8(7)11)4-12-9(5-13)1-2-9/h3,12-13H,1-2,4-5H2. The van der Waals surface area contributed by atoms with E-state index in [2.05, 4.69) is 43.2 Å². The highest BCUT2D eigenvalue weighted by molar-refractivity contribution is 9.13. The molecule has 1 aromatic heterocycles. The van der Waals surface area contributed by atoms with Gasteiger partial charge in [0, 0.05) is 21.4 Å². The fourth-order valence-electron chi connectivity index (χ4n) is 1.29. The maximum Gasteiger partial charge on any atom is 0.0843 e. The minimum absolute atomic E-state index is 0.0307. The van der Waals surface area contributed by atoms with Gasteiger partial charge in [-0.3, -0.25) is 0 Å². The molecule has 5 heteroatoms. The lowest BCUT2D eigenvalue weighted by Gasteiger charge is -2.12. The normalized spacial score (nSPS) is 18.5. The van der Waals surface area contributed by atoms with Crippen LogP contribution in [0.2, 0.25) is 0 Å². The van der Waals surface area contributed by atoms with Crippen molar-refractivity contribution in [1.82, 2.24) is 5.32 Å². The van der Waals surface area contributed by atoms with Gasteiger partial charge in [-0.15, -0.1) is 11.3 Å². The van der Waals surface area contributed by atoms with E-state index in [4.69, 9.17) is 5.11 Å². The Hall–Kier alpha value is 0.580. The summed E-state index contributed by atoms with van der Waals surface area (Å²) in [6, 6.07) is 2.11. The number of thiophene rings is 1. The molecular weight excluding hydrogens is 330 g/mol. The van der Waals surface area contributed by atoms with E-state index in [1.54, 1.807) is 11.3 Å². The number of rotatable bonds is 4. The van der Waals surface area contributed by atoms with Gasteiger partial charge >= 0.3 is 0 Å². The van der Waals surface area contributed by atoms with Crippen LogP contribution in [-0.4, -0.2) is 17.3 Å². The molecule has 0 radical (unpaired) electrons. The van der Waals surface area contributed by atoms with Crippen molar-refractivity contribution in [2.75, 3.05) is 6.61 Å². The van der Waals surface area contributed by atoms with Gasteiger partial charge in [-0.1, -0.05) is 0 Å².